The molecular formula is C36H36N12S. The van der Waals surface area contributed by atoms with Crippen molar-refractivity contribution in [3.63, 3.8) is 0 Å². The first-order valence-corrected chi connectivity index (χ1v) is 16.7. The zero-order valence-electron chi connectivity index (χ0n) is 27.1. The second-order valence-electron chi connectivity index (χ2n) is 11.9. The van der Waals surface area contributed by atoms with Crippen LogP contribution >= 0.6 is 11.3 Å². The van der Waals surface area contributed by atoms with Gasteiger partial charge in [-0.1, -0.05) is 59.7 Å². The number of aromatic nitrogens is 7. The maximum atomic E-state index is 6.22. The highest BCUT2D eigenvalue weighted by atomic mass is 32.1. The standard InChI is InChI=1S/C36H36N12S/c1-22-9-13-24(14-10-22)40-35-44-31(42-33(37)46-35)20-48(21-32-43-34(38)47-36(45-32)41-25-15-11-23(2)12-16-25)19-28(30-8-5-17-49-30)27-18-39-29-7-4-3-6-26(27)29/h3-18,28,39H,19-21H2,1-2H3,(H3,37,40,42,44,46)(H3,38,41,43,45,47)/t28-/m0/s1. The van der Waals surface area contributed by atoms with Crippen LogP contribution in [0.25, 0.3) is 10.9 Å². The van der Waals surface area contributed by atoms with E-state index >= 15 is 0 Å². The van der Waals surface area contributed by atoms with E-state index in [1.165, 1.54) is 15.8 Å². The van der Waals surface area contributed by atoms with Gasteiger partial charge in [0.1, 0.15) is 11.6 Å². The van der Waals surface area contributed by atoms with Crippen molar-refractivity contribution < 1.29 is 0 Å². The Hall–Kier alpha value is -5.92. The molecule has 1 atom stereocenters. The Morgan fingerprint density at radius 1 is 0.694 bits per heavy atom. The Morgan fingerprint density at radius 2 is 1.27 bits per heavy atom. The zero-order chi connectivity index (χ0) is 33.7. The Kier molecular flexibility index (Phi) is 9.08. The van der Waals surface area contributed by atoms with Gasteiger partial charge < -0.3 is 27.1 Å². The number of aromatic amines is 1. The number of aryl methyl sites for hydroxylation is 2. The molecule has 0 aliphatic carbocycles. The molecule has 0 aliphatic heterocycles. The molecule has 13 heteroatoms. The van der Waals surface area contributed by atoms with Crippen LogP contribution in [0.15, 0.2) is 96.5 Å². The maximum absolute atomic E-state index is 6.22. The first kappa shape index (κ1) is 31.7. The van der Waals surface area contributed by atoms with E-state index in [2.05, 4.69) is 82.4 Å². The molecule has 7 rings (SSSR count). The third-order valence-corrected chi connectivity index (χ3v) is 9.05. The molecular weight excluding hydrogens is 633 g/mol. The van der Waals surface area contributed by atoms with E-state index in [4.69, 9.17) is 21.4 Å². The molecule has 4 heterocycles. The largest absolute Gasteiger partial charge is 0.368 e. The van der Waals surface area contributed by atoms with Gasteiger partial charge in [-0.3, -0.25) is 4.90 Å². The Balaban J connectivity index is 1.23. The van der Waals surface area contributed by atoms with E-state index in [1.54, 1.807) is 11.3 Å². The van der Waals surface area contributed by atoms with E-state index in [-0.39, 0.29) is 17.8 Å². The van der Waals surface area contributed by atoms with Gasteiger partial charge in [0.2, 0.25) is 23.8 Å². The van der Waals surface area contributed by atoms with Crippen LogP contribution in [0.4, 0.5) is 35.2 Å². The minimum atomic E-state index is 0.0184. The molecule has 0 spiro atoms. The number of nitrogens with two attached hydrogens (primary N) is 2. The van der Waals surface area contributed by atoms with Crippen molar-refractivity contribution in [1.82, 2.24) is 39.8 Å². The number of fused-ring (bicyclic) bond motifs is 1. The Morgan fingerprint density at radius 3 is 1.82 bits per heavy atom. The third kappa shape index (κ3) is 7.80. The SMILES string of the molecule is Cc1ccc(Nc2nc(N)nc(CN(Cc3nc(N)nc(Nc4ccc(C)cc4)n3)C[C@H](c3cccs3)c3c[nH]c4ccccc34)n2)cc1. The molecule has 0 fully saturated rings. The second-order valence-corrected chi connectivity index (χ2v) is 12.9. The van der Waals surface area contributed by atoms with Gasteiger partial charge in [0.15, 0.2) is 0 Å². The normalized spacial score (nSPS) is 12.0. The molecule has 246 valence electrons. The van der Waals surface area contributed by atoms with Gasteiger partial charge >= 0.3 is 0 Å². The molecule has 0 radical (unpaired) electrons. The van der Waals surface area contributed by atoms with Crippen LogP contribution in [-0.4, -0.2) is 46.3 Å². The van der Waals surface area contributed by atoms with Crippen molar-refractivity contribution in [2.45, 2.75) is 32.9 Å². The fourth-order valence-electron chi connectivity index (χ4n) is 5.72. The lowest BCUT2D eigenvalue weighted by molar-refractivity contribution is 0.237. The van der Waals surface area contributed by atoms with E-state index in [1.807, 2.05) is 68.4 Å². The number of rotatable bonds is 12. The van der Waals surface area contributed by atoms with Gasteiger partial charge in [-0.2, -0.15) is 29.9 Å². The quantitative estimate of drug-likeness (QED) is 0.0938. The lowest BCUT2D eigenvalue weighted by Gasteiger charge is -2.26. The third-order valence-electron chi connectivity index (χ3n) is 8.07. The highest BCUT2D eigenvalue weighted by Crippen LogP contribution is 2.34. The Bertz CT molecular complexity index is 2060. The molecule has 0 aliphatic rings. The fourth-order valence-corrected chi connectivity index (χ4v) is 6.55. The van der Waals surface area contributed by atoms with Crippen LogP contribution in [0.3, 0.4) is 0 Å². The summed E-state index contributed by atoms with van der Waals surface area (Å²) in [6.07, 6.45) is 2.10. The van der Waals surface area contributed by atoms with Crippen molar-refractivity contribution in [2.75, 3.05) is 28.6 Å². The van der Waals surface area contributed by atoms with Crippen molar-refractivity contribution in [1.29, 1.82) is 0 Å². The molecule has 0 saturated carbocycles. The van der Waals surface area contributed by atoms with Crippen molar-refractivity contribution in [3.05, 3.63) is 130 Å². The number of nitrogens with one attached hydrogen (secondary N) is 3. The minimum absolute atomic E-state index is 0.0184. The molecule has 4 aromatic heterocycles. The van der Waals surface area contributed by atoms with Gasteiger partial charge in [0.05, 0.1) is 13.1 Å². The van der Waals surface area contributed by atoms with Crippen molar-refractivity contribution in [3.8, 4) is 0 Å². The molecule has 7 aromatic rings. The molecule has 0 amide bonds. The second kappa shape index (κ2) is 14.1. The van der Waals surface area contributed by atoms with E-state index in [0.717, 1.165) is 28.0 Å². The summed E-state index contributed by atoms with van der Waals surface area (Å²) >= 11 is 1.72. The average molecular weight is 669 g/mol. The highest BCUT2D eigenvalue weighted by molar-refractivity contribution is 7.10. The molecule has 0 bridgehead atoms. The summed E-state index contributed by atoms with van der Waals surface area (Å²) in [4.78, 5) is 34.2. The molecule has 12 nitrogen and oxygen atoms in total. The lowest BCUT2D eigenvalue weighted by atomic mass is 9.96. The van der Waals surface area contributed by atoms with Gasteiger partial charge in [0, 0.05) is 45.8 Å². The smallest absolute Gasteiger partial charge is 0.232 e. The maximum Gasteiger partial charge on any atom is 0.232 e. The summed E-state index contributed by atoms with van der Waals surface area (Å²) in [7, 11) is 0. The summed E-state index contributed by atoms with van der Waals surface area (Å²) in [5, 5.41) is 9.80. The van der Waals surface area contributed by atoms with Crippen LogP contribution < -0.4 is 22.1 Å². The highest BCUT2D eigenvalue weighted by Gasteiger charge is 2.24. The van der Waals surface area contributed by atoms with Crippen LogP contribution in [0.5, 0.6) is 0 Å². The van der Waals surface area contributed by atoms with E-state index < -0.39 is 0 Å². The van der Waals surface area contributed by atoms with Crippen LogP contribution in [0, 0.1) is 13.8 Å². The summed E-state index contributed by atoms with van der Waals surface area (Å²) in [6, 6.07) is 28.6. The predicted octanol–water partition coefficient (Wildman–Crippen LogP) is 6.70. The van der Waals surface area contributed by atoms with Crippen LogP contribution in [0.2, 0.25) is 0 Å². The number of anilines is 6. The number of para-hydroxylation sites is 1. The Labute approximate surface area is 287 Å². The summed E-state index contributed by atoms with van der Waals surface area (Å²) in [5.74, 6) is 2.01. The number of nitrogen functional groups attached to an aromatic ring is 2. The number of thiophene rings is 1. The van der Waals surface area contributed by atoms with Gasteiger partial charge in [-0.15, -0.1) is 11.3 Å². The van der Waals surface area contributed by atoms with Crippen LogP contribution in [-0.2, 0) is 13.1 Å². The number of hydrogen-bond acceptors (Lipinski definition) is 12. The first-order chi connectivity index (χ1) is 23.8. The average Bonchev–Trinajstić information content (AvgIpc) is 3.76. The van der Waals surface area contributed by atoms with Gasteiger partial charge in [-0.25, -0.2) is 0 Å². The fraction of sp³-hybridized carbons (Fsp3) is 0.167. The van der Waals surface area contributed by atoms with Crippen molar-refractivity contribution >= 4 is 57.4 Å². The molecule has 7 N–H and O–H groups in total. The minimum Gasteiger partial charge on any atom is -0.368 e. The summed E-state index contributed by atoms with van der Waals surface area (Å²) in [6.45, 7) is 5.36. The molecule has 3 aromatic carbocycles. The summed E-state index contributed by atoms with van der Waals surface area (Å²) < 4.78 is 0. The number of hydrogen-bond donors (Lipinski definition) is 5. The number of nitrogens with zero attached hydrogens (tertiary/aromatic N) is 7. The zero-order valence-corrected chi connectivity index (χ0v) is 27.9. The molecule has 0 saturated heterocycles. The van der Waals surface area contributed by atoms with E-state index in [0.29, 0.717) is 43.2 Å². The van der Waals surface area contributed by atoms with Crippen molar-refractivity contribution in [2.24, 2.45) is 0 Å². The first-order valence-electron chi connectivity index (χ1n) is 15.8. The number of benzene rings is 3. The van der Waals surface area contributed by atoms with E-state index in [9.17, 15) is 0 Å². The van der Waals surface area contributed by atoms with Gasteiger partial charge in [0.25, 0.3) is 0 Å². The van der Waals surface area contributed by atoms with Crippen LogP contribution in [0.1, 0.15) is 39.1 Å². The monoisotopic (exact) mass is 668 g/mol. The molecule has 0 unspecified atom stereocenters. The molecule has 49 heavy (non-hydrogen) atoms. The predicted molar refractivity (Wildman–Crippen MR) is 196 cm³/mol. The summed E-state index contributed by atoms with van der Waals surface area (Å²) in [5.41, 5.74) is 18.7. The lowest BCUT2D eigenvalue weighted by Crippen LogP contribution is -2.30. The topological polar surface area (TPSA) is 172 Å². The van der Waals surface area contributed by atoms with Gasteiger partial charge in [-0.05, 0) is 61.2 Å². The number of H-pyrrole nitrogens is 1.